The molecule has 1 aromatic carbocycles. The van der Waals surface area contributed by atoms with Crippen molar-refractivity contribution in [2.24, 2.45) is 0 Å². The van der Waals surface area contributed by atoms with Gasteiger partial charge >= 0.3 is 0 Å². The average molecular weight is 264 g/mol. The van der Waals surface area contributed by atoms with Crippen LogP contribution in [0.15, 0.2) is 24.3 Å². The normalized spacial score (nSPS) is 13.8. The van der Waals surface area contributed by atoms with E-state index in [0.29, 0.717) is 19.4 Å². The van der Waals surface area contributed by atoms with Gasteiger partial charge in [-0.1, -0.05) is 26.0 Å². The first-order valence-corrected chi connectivity index (χ1v) is 6.83. The van der Waals surface area contributed by atoms with E-state index in [0.717, 1.165) is 17.7 Å². The van der Waals surface area contributed by atoms with Gasteiger partial charge in [-0.15, -0.1) is 0 Å². The summed E-state index contributed by atoms with van der Waals surface area (Å²) in [5.74, 6) is 0.185. The summed E-state index contributed by atoms with van der Waals surface area (Å²) in [5, 5.41) is 12.2. The van der Waals surface area contributed by atoms with Gasteiger partial charge in [0.25, 0.3) is 0 Å². The second-order valence-corrected chi connectivity index (χ2v) is 4.97. The number of hydrogen-bond acceptors (Lipinski definition) is 3. The van der Waals surface area contributed by atoms with Crippen LogP contribution >= 0.6 is 0 Å². The van der Waals surface area contributed by atoms with Gasteiger partial charge in [0.05, 0.1) is 6.10 Å². The minimum atomic E-state index is -0.324. The minimum Gasteiger partial charge on any atom is -0.399 e. The molecule has 0 aliphatic carbocycles. The highest BCUT2D eigenvalue weighted by Crippen LogP contribution is 2.19. The smallest absolute Gasteiger partial charge is 0.220 e. The summed E-state index contributed by atoms with van der Waals surface area (Å²) >= 11 is 0. The van der Waals surface area contributed by atoms with E-state index in [2.05, 4.69) is 5.32 Å². The second kappa shape index (κ2) is 7.79. The molecule has 0 spiro atoms. The van der Waals surface area contributed by atoms with Crippen LogP contribution in [-0.4, -0.2) is 23.7 Å². The number of nitrogen functional groups attached to an aromatic ring is 1. The topological polar surface area (TPSA) is 75.3 Å². The Bertz CT molecular complexity index is 390. The Hall–Kier alpha value is -1.55. The lowest BCUT2D eigenvalue weighted by Gasteiger charge is -2.13. The van der Waals surface area contributed by atoms with Crippen LogP contribution in [0.4, 0.5) is 5.69 Å². The van der Waals surface area contributed by atoms with Gasteiger partial charge in [-0.2, -0.15) is 0 Å². The third kappa shape index (κ3) is 5.75. The number of rotatable bonds is 7. The molecule has 0 fully saturated rings. The van der Waals surface area contributed by atoms with Crippen molar-refractivity contribution in [1.29, 1.82) is 0 Å². The molecule has 1 rings (SSSR count). The van der Waals surface area contributed by atoms with Crippen molar-refractivity contribution < 1.29 is 9.90 Å². The molecular weight excluding hydrogens is 240 g/mol. The van der Waals surface area contributed by atoms with Crippen LogP contribution in [0.3, 0.4) is 0 Å². The van der Waals surface area contributed by atoms with Crippen molar-refractivity contribution in [3.8, 4) is 0 Å². The van der Waals surface area contributed by atoms with Gasteiger partial charge < -0.3 is 16.2 Å². The molecule has 0 aliphatic heterocycles. The fourth-order valence-corrected chi connectivity index (χ4v) is 1.87. The SMILES string of the molecule is CCC(O)CCNC(=O)CC(C)c1ccc(N)cc1. The van der Waals surface area contributed by atoms with Crippen LogP contribution in [0.1, 0.15) is 44.6 Å². The van der Waals surface area contributed by atoms with E-state index in [4.69, 9.17) is 5.73 Å². The first kappa shape index (κ1) is 15.5. The predicted octanol–water partition coefficient (Wildman–Crippen LogP) is 2.04. The highest BCUT2D eigenvalue weighted by molar-refractivity contribution is 5.76. The van der Waals surface area contributed by atoms with Crippen molar-refractivity contribution in [3.05, 3.63) is 29.8 Å². The van der Waals surface area contributed by atoms with Crippen LogP contribution in [0.25, 0.3) is 0 Å². The number of aliphatic hydroxyl groups is 1. The Labute approximate surface area is 115 Å². The van der Waals surface area contributed by atoms with Crippen LogP contribution < -0.4 is 11.1 Å². The lowest BCUT2D eigenvalue weighted by Crippen LogP contribution is -2.27. The molecule has 0 aliphatic rings. The molecule has 0 saturated carbocycles. The van der Waals surface area contributed by atoms with E-state index in [9.17, 15) is 9.90 Å². The summed E-state index contributed by atoms with van der Waals surface area (Å²) in [6.45, 7) is 4.48. The molecule has 1 amide bonds. The van der Waals surface area contributed by atoms with E-state index in [1.54, 1.807) is 0 Å². The zero-order valence-corrected chi connectivity index (χ0v) is 11.7. The molecule has 19 heavy (non-hydrogen) atoms. The number of carbonyl (C=O) groups is 1. The average Bonchev–Trinajstić information content (AvgIpc) is 2.39. The molecule has 0 radical (unpaired) electrons. The van der Waals surface area contributed by atoms with E-state index >= 15 is 0 Å². The molecular formula is C15H24N2O2. The number of nitrogens with one attached hydrogen (secondary N) is 1. The Kier molecular flexibility index (Phi) is 6.36. The Balaban J connectivity index is 2.33. The summed E-state index contributed by atoms with van der Waals surface area (Å²) in [6.07, 6.45) is 1.46. The molecule has 1 aromatic rings. The zero-order valence-electron chi connectivity index (χ0n) is 11.7. The summed E-state index contributed by atoms with van der Waals surface area (Å²) in [4.78, 5) is 11.7. The fourth-order valence-electron chi connectivity index (χ4n) is 1.87. The summed E-state index contributed by atoms with van der Waals surface area (Å²) in [7, 11) is 0. The lowest BCUT2D eigenvalue weighted by atomic mass is 9.97. The van der Waals surface area contributed by atoms with Crippen molar-refractivity contribution >= 4 is 11.6 Å². The molecule has 2 unspecified atom stereocenters. The Morgan fingerprint density at radius 1 is 1.37 bits per heavy atom. The fraction of sp³-hybridized carbons (Fsp3) is 0.533. The summed E-state index contributed by atoms with van der Waals surface area (Å²) < 4.78 is 0. The molecule has 0 saturated heterocycles. The molecule has 0 aromatic heterocycles. The number of benzene rings is 1. The maximum atomic E-state index is 11.7. The summed E-state index contributed by atoms with van der Waals surface area (Å²) in [6, 6.07) is 7.60. The van der Waals surface area contributed by atoms with Crippen molar-refractivity contribution in [2.75, 3.05) is 12.3 Å². The van der Waals surface area contributed by atoms with Gasteiger partial charge in [-0.05, 0) is 36.5 Å². The first-order chi connectivity index (χ1) is 9.02. The van der Waals surface area contributed by atoms with Gasteiger partial charge in [-0.3, -0.25) is 4.79 Å². The number of carbonyl (C=O) groups excluding carboxylic acids is 1. The van der Waals surface area contributed by atoms with Crippen LogP contribution in [0.5, 0.6) is 0 Å². The lowest BCUT2D eigenvalue weighted by molar-refractivity contribution is -0.121. The van der Waals surface area contributed by atoms with E-state index in [1.165, 1.54) is 0 Å². The molecule has 4 nitrogen and oxygen atoms in total. The quantitative estimate of drug-likeness (QED) is 0.660. The maximum Gasteiger partial charge on any atom is 0.220 e. The van der Waals surface area contributed by atoms with E-state index < -0.39 is 0 Å². The first-order valence-electron chi connectivity index (χ1n) is 6.83. The summed E-state index contributed by atoms with van der Waals surface area (Å²) in [5.41, 5.74) is 7.47. The van der Waals surface area contributed by atoms with Crippen LogP contribution in [-0.2, 0) is 4.79 Å². The van der Waals surface area contributed by atoms with E-state index in [-0.39, 0.29) is 17.9 Å². The van der Waals surface area contributed by atoms with Gasteiger partial charge in [0.15, 0.2) is 0 Å². The monoisotopic (exact) mass is 264 g/mol. The molecule has 0 bridgehead atoms. The largest absolute Gasteiger partial charge is 0.399 e. The second-order valence-electron chi connectivity index (χ2n) is 4.97. The zero-order chi connectivity index (χ0) is 14.3. The van der Waals surface area contributed by atoms with Gasteiger partial charge in [-0.25, -0.2) is 0 Å². The molecule has 4 heteroatoms. The highest BCUT2D eigenvalue weighted by atomic mass is 16.3. The number of anilines is 1. The maximum absolute atomic E-state index is 11.7. The van der Waals surface area contributed by atoms with Crippen LogP contribution in [0, 0.1) is 0 Å². The number of amides is 1. The van der Waals surface area contributed by atoms with Gasteiger partial charge in [0.1, 0.15) is 0 Å². The van der Waals surface area contributed by atoms with Gasteiger partial charge in [0, 0.05) is 18.7 Å². The molecule has 0 heterocycles. The third-order valence-corrected chi connectivity index (χ3v) is 3.27. The molecule has 4 N–H and O–H groups in total. The third-order valence-electron chi connectivity index (χ3n) is 3.27. The van der Waals surface area contributed by atoms with Crippen molar-refractivity contribution in [3.63, 3.8) is 0 Å². The number of nitrogens with two attached hydrogens (primary N) is 1. The standard InChI is InChI=1S/C15H24N2O2/c1-3-14(18)8-9-17-15(19)10-11(2)12-4-6-13(16)7-5-12/h4-7,11,14,18H,3,8-10,16H2,1-2H3,(H,17,19). The Morgan fingerprint density at radius 2 is 2.00 bits per heavy atom. The predicted molar refractivity (Wildman–Crippen MR) is 77.8 cm³/mol. The number of hydrogen-bond donors (Lipinski definition) is 3. The Morgan fingerprint density at radius 3 is 2.58 bits per heavy atom. The highest BCUT2D eigenvalue weighted by Gasteiger charge is 2.11. The molecule has 106 valence electrons. The van der Waals surface area contributed by atoms with Crippen molar-refractivity contribution in [1.82, 2.24) is 5.32 Å². The number of aliphatic hydroxyl groups excluding tert-OH is 1. The van der Waals surface area contributed by atoms with Crippen LogP contribution in [0.2, 0.25) is 0 Å². The molecule has 2 atom stereocenters. The van der Waals surface area contributed by atoms with E-state index in [1.807, 2.05) is 38.1 Å². The minimum absolute atomic E-state index is 0.0210. The van der Waals surface area contributed by atoms with Crippen molar-refractivity contribution in [2.45, 2.75) is 45.1 Å². The van der Waals surface area contributed by atoms with Gasteiger partial charge in [0.2, 0.25) is 5.91 Å².